The summed E-state index contributed by atoms with van der Waals surface area (Å²) in [7, 11) is 0. The number of carbonyl (C=O) groups excluding carboxylic acids is 2. The molecule has 0 radical (unpaired) electrons. The fourth-order valence-electron chi connectivity index (χ4n) is 4.58. The minimum atomic E-state index is -0.746. The Morgan fingerprint density at radius 3 is 2.64 bits per heavy atom. The quantitative estimate of drug-likeness (QED) is 0.565. The van der Waals surface area contributed by atoms with Gasteiger partial charge in [-0.15, -0.1) is 6.58 Å². The van der Waals surface area contributed by atoms with E-state index in [1.807, 2.05) is 30.3 Å². The van der Waals surface area contributed by atoms with Gasteiger partial charge in [0.1, 0.15) is 5.69 Å². The van der Waals surface area contributed by atoms with Gasteiger partial charge in [0.05, 0.1) is 11.6 Å². The second kappa shape index (κ2) is 10.2. The molecular formula is C27H28N4O2. The van der Waals surface area contributed by atoms with Crippen molar-refractivity contribution >= 4 is 11.8 Å². The van der Waals surface area contributed by atoms with Crippen molar-refractivity contribution in [3.8, 4) is 11.1 Å². The lowest BCUT2D eigenvalue weighted by Gasteiger charge is -2.42. The molecule has 1 aliphatic rings. The molecule has 2 heterocycles. The predicted octanol–water partition coefficient (Wildman–Crippen LogP) is 3.91. The smallest absolute Gasteiger partial charge is 0.274 e. The van der Waals surface area contributed by atoms with Gasteiger partial charge in [0.25, 0.3) is 5.91 Å². The van der Waals surface area contributed by atoms with Crippen LogP contribution >= 0.6 is 0 Å². The van der Waals surface area contributed by atoms with Crippen molar-refractivity contribution in [3.05, 3.63) is 97.1 Å². The van der Waals surface area contributed by atoms with Crippen LogP contribution in [0.15, 0.2) is 85.8 Å². The first kappa shape index (κ1) is 22.4. The van der Waals surface area contributed by atoms with Gasteiger partial charge in [-0.1, -0.05) is 60.7 Å². The van der Waals surface area contributed by atoms with Crippen LogP contribution in [0.2, 0.25) is 0 Å². The number of hydrogen-bond donors (Lipinski definition) is 1. The van der Waals surface area contributed by atoms with Gasteiger partial charge >= 0.3 is 0 Å². The van der Waals surface area contributed by atoms with E-state index in [9.17, 15) is 9.59 Å². The van der Waals surface area contributed by atoms with Gasteiger partial charge in [0, 0.05) is 32.0 Å². The summed E-state index contributed by atoms with van der Waals surface area (Å²) in [6.45, 7) is 5.03. The average molecular weight is 441 g/mol. The van der Waals surface area contributed by atoms with Gasteiger partial charge in [-0.2, -0.15) is 0 Å². The summed E-state index contributed by atoms with van der Waals surface area (Å²) < 4.78 is 0. The van der Waals surface area contributed by atoms with E-state index in [0.29, 0.717) is 38.2 Å². The third kappa shape index (κ3) is 5.00. The Balaban J connectivity index is 1.68. The fourth-order valence-corrected chi connectivity index (χ4v) is 4.58. The van der Waals surface area contributed by atoms with Crippen molar-refractivity contribution in [2.45, 2.75) is 19.3 Å². The zero-order valence-electron chi connectivity index (χ0n) is 18.6. The molecule has 1 aromatic heterocycles. The number of rotatable bonds is 7. The Morgan fingerprint density at radius 1 is 1.09 bits per heavy atom. The second-order valence-electron chi connectivity index (χ2n) is 8.40. The molecule has 1 unspecified atom stereocenters. The van der Waals surface area contributed by atoms with Gasteiger partial charge in [-0.3, -0.25) is 14.6 Å². The maximum atomic E-state index is 13.5. The molecule has 0 saturated carbocycles. The molecule has 1 fully saturated rings. The van der Waals surface area contributed by atoms with Crippen molar-refractivity contribution < 1.29 is 9.59 Å². The number of nitrogens with zero attached hydrogens (tertiary/aromatic N) is 3. The Labute approximate surface area is 194 Å². The van der Waals surface area contributed by atoms with Crippen LogP contribution < -0.4 is 5.32 Å². The van der Waals surface area contributed by atoms with Crippen LogP contribution in [0.25, 0.3) is 11.1 Å². The van der Waals surface area contributed by atoms with Gasteiger partial charge in [0.15, 0.2) is 0 Å². The molecule has 1 N–H and O–H groups in total. The van der Waals surface area contributed by atoms with E-state index in [4.69, 9.17) is 0 Å². The van der Waals surface area contributed by atoms with Crippen LogP contribution in [0.5, 0.6) is 0 Å². The summed E-state index contributed by atoms with van der Waals surface area (Å²) in [6.07, 6.45) is 8.17. The van der Waals surface area contributed by atoms with E-state index in [1.54, 1.807) is 17.2 Å². The lowest BCUT2D eigenvalue weighted by Crippen LogP contribution is -2.54. The van der Waals surface area contributed by atoms with Crippen LogP contribution in [-0.2, 0) is 11.2 Å². The SMILES string of the molecule is C=CCNC(=O)C1(Cc2ccccc2-c2ccccc2)CCCN(C(=O)c2cnccn2)C1. The lowest BCUT2D eigenvalue weighted by atomic mass is 9.73. The highest BCUT2D eigenvalue weighted by molar-refractivity contribution is 5.93. The molecule has 4 rings (SSSR count). The molecule has 0 spiro atoms. The third-order valence-corrected chi connectivity index (χ3v) is 6.17. The van der Waals surface area contributed by atoms with Crippen molar-refractivity contribution in [3.63, 3.8) is 0 Å². The van der Waals surface area contributed by atoms with E-state index >= 15 is 0 Å². The highest BCUT2D eigenvalue weighted by Crippen LogP contribution is 2.37. The molecule has 168 valence electrons. The summed E-state index contributed by atoms with van der Waals surface area (Å²) in [5.74, 6) is -0.248. The molecule has 1 atom stereocenters. The third-order valence-electron chi connectivity index (χ3n) is 6.17. The fraction of sp³-hybridized carbons (Fsp3) is 0.259. The van der Waals surface area contributed by atoms with Crippen molar-refractivity contribution in [2.24, 2.45) is 5.41 Å². The molecule has 0 aliphatic carbocycles. The molecule has 1 saturated heterocycles. The first-order valence-corrected chi connectivity index (χ1v) is 11.2. The highest BCUT2D eigenvalue weighted by Gasteiger charge is 2.44. The second-order valence-corrected chi connectivity index (χ2v) is 8.40. The molecule has 33 heavy (non-hydrogen) atoms. The van der Waals surface area contributed by atoms with Crippen LogP contribution in [0.4, 0.5) is 0 Å². The Hall–Kier alpha value is -3.80. The molecule has 2 amide bonds. The first-order chi connectivity index (χ1) is 16.1. The Kier molecular flexibility index (Phi) is 6.93. The van der Waals surface area contributed by atoms with Crippen LogP contribution in [-0.4, -0.2) is 46.3 Å². The van der Waals surface area contributed by atoms with Gasteiger partial charge < -0.3 is 10.2 Å². The van der Waals surface area contributed by atoms with Crippen molar-refractivity contribution in [2.75, 3.05) is 19.6 Å². The number of amides is 2. The molecule has 3 aromatic rings. The summed E-state index contributed by atoms with van der Waals surface area (Å²) in [4.78, 5) is 36.6. The number of aromatic nitrogens is 2. The summed E-state index contributed by atoms with van der Waals surface area (Å²) in [6, 6.07) is 18.4. The summed E-state index contributed by atoms with van der Waals surface area (Å²) in [5.41, 5.74) is 2.85. The van der Waals surface area contributed by atoms with Crippen LogP contribution in [0, 0.1) is 5.41 Å². The first-order valence-electron chi connectivity index (χ1n) is 11.2. The maximum Gasteiger partial charge on any atom is 0.274 e. The molecule has 0 bridgehead atoms. The number of likely N-dealkylation sites (tertiary alicyclic amines) is 1. The van der Waals surface area contributed by atoms with E-state index < -0.39 is 5.41 Å². The van der Waals surface area contributed by atoms with Crippen molar-refractivity contribution in [1.82, 2.24) is 20.2 Å². The van der Waals surface area contributed by atoms with E-state index in [0.717, 1.165) is 23.1 Å². The largest absolute Gasteiger partial charge is 0.352 e. The number of hydrogen-bond acceptors (Lipinski definition) is 4. The highest BCUT2D eigenvalue weighted by atomic mass is 16.2. The van der Waals surface area contributed by atoms with Gasteiger partial charge in [0.2, 0.25) is 5.91 Å². The zero-order valence-corrected chi connectivity index (χ0v) is 18.6. The Bertz CT molecular complexity index is 1120. The van der Waals surface area contributed by atoms with E-state index in [2.05, 4.69) is 46.1 Å². The standard InChI is InChI=1S/C27H28N4O2/c1-2-14-30-26(33)27(13-8-17-31(20-27)25(32)24-19-28-15-16-29-24)18-22-11-6-7-12-23(22)21-9-4-3-5-10-21/h2-7,9-12,15-16,19H,1,8,13-14,17-18,20H2,(H,30,33). The van der Waals surface area contributed by atoms with Gasteiger partial charge in [-0.25, -0.2) is 4.98 Å². The summed E-state index contributed by atoms with van der Waals surface area (Å²) in [5, 5.41) is 3.00. The lowest BCUT2D eigenvalue weighted by molar-refractivity contribution is -0.133. The summed E-state index contributed by atoms with van der Waals surface area (Å²) >= 11 is 0. The number of nitrogens with one attached hydrogen (secondary N) is 1. The molecule has 6 heteroatoms. The molecule has 6 nitrogen and oxygen atoms in total. The number of piperidine rings is 1. The molecule has 2 aromatic carbocycles. The Morgan fingerprint density at radius 2 is 1.88 bits per heavy atom. The van der Waals surface area contributed by atoms with Gasteiger partial charge in [-0.05, 0) is 36.0 Å². The molecular weight excluding hydrogens is 412 g/mol. The zero-order chi connectivity index (χ0) is 23.1. The monoisotopic (exact) mass is 440 g/mol. The van der Waals surface area contributed by atoms with Crippen LogP contribution in [0.1, 0.15) is 28.9 Å². The minimum absolute atomic E-state index is 0.0538. The normalized spacial score (nSPS) is 17.9. The average Bonchev–Trinajstić information content (AvgIpc) is 2.88. The van der Waals surface area contributed by atoms with E-state index in [-0.39, 0.29) is 11.8 Å². The minimum Gasteiger partial charge on any atom is -0.352 e. The van der Waals surface area contributed by atoms with Crippen LogP contribution in [0.3, 0.4) is 0 Å². The predicted molar refractivity (Wildman–Crippen MR) is 128 cm³/mol. The topological polar surface area (TPSA) is 75.2 Å². The maximum absolute atomic E-state index is 13.5. The number of carbonyl (C=O) groups is 2. The molecule has 1 aliphatic heterocycles. The van der Waals surface area contributed by atoms with E-state index in [1.165, 1.54) is 12.4 Å². The number of benzene rings is 2. The van der Waals surface area contributed by atoms with Crippen molar-refractivity contribution in [1.29, 1.82) is 0 Å².